The Morgan fingerprint density at radius 2 is 1.73 bits per heavy atom. The third-order valence-electron chi connectivity index (χ3n) is 5.80. The number of carbonyl (C=O) groups is 2. The van der Waals surface area contributed by atoms with Crippen molar-refractivity contribution in [1.82, 2.24) is 14.8 Å². The summed E-state index contributed by atoms with van der Waals surface area (Å²) in [7, 11) is 0. The Morgan fingerprint density at radius 1 is 0.939 bits per heavy atom. The average molecular weight is 439 g/mol. The van der Waals surface area contributed by atoms with E-state index in [2.05, 4.69) is 35.0 Å². The molecular formula is C27H22FN3O2. The number of urea groups is 1. The molecule has 6 heteroatoms. The molecule has 4 aromatic rings. The summed E-state index contributed by atoms with van der Waals surface area (Å²) in [4.78, 5) is 26.4. The van der Waals surface area contributed by atoms with E-state index in [4.69, 9.17) is 0 Å². The van der Waals surface area contributed by atoms with E-state index < -0.39 is 17.8 Å². The van der Waals surface area contributed by atoms with E-state index in [0.717, 1.165) is 21.4 Å². The summed E-state index contributed by atoms with van der Waals surface area (Å²) in [6, 6.07) is 21.9. The maximum atomic E-state index is 14.0. The number of hydrogen-bond acceptors (Lipinski definition) is 2. The van der Waals surface area contributed by atoms with Crippen LogP contribution in [0.15, 0.2) is 84.7 Å². The Balaban J connectivity index is 1.47. The summed E-state index contributed by atoms with van der Waals surface area (Å²) >= 11 is 0. The fourth-order valence-corrected chi connectivity index (χ4v) is 4.20. The number of halogens is 1. The summed E-state index contributed by atoms with van der Waals surface area (Å²) in [5, 5.41) is 3.62. The molecule has 0 bridgehead atoms. The number of benzene rings is 3. The Hall–Kier alpha value is -4.19. The number of aryl methyl sites for hydroxylation is 1. The van der Waals surface area contributed by atoms with E-state index in [1.807, 2.05) is 36.5 Å². The second-order valence-corrected chi connectivity index (χ2v) is 8.19. The zero-order chi connectivity index (χ0) is 22.9. The largest absolute Gasteiger partial charge is 0.342 e. The highest BCUT2D eigenvalue weighted by Gasteiger charge is 2.34. The van der Waals surface area contributed by atoms with Gasteiger partial charge in [-0.1, -0.05) is 66.2 Å². The van der Waals surface area contributed by atoms with Crippen molar-refractivity contribution < 1.29 is 14.0 Å². The highest BCUT2D eigenvalue weighted by Crippen LogP contribution is 2.26. The molecule has 0 atom stereocenters. The van der Waals surface area contributed by atoms with Gasteiger partial charge in [0, 0.05) is 34.8 Å². The number of nitrogens with one attached hydrogen (secondary N) is 1. The van der Waals surface area contributed by atoms with E-state index in [-0.39, 0.29) is 17.8 Å². The zero-order valence-electron chi connectivity index (χ0n) is 18.1. The van der Waals surface area contributed by atoms with E-state index in [9.17, 15) is 14.0 Å². The average Bonchev–Trinajstić information content (AvgIpc) is 3.27. The summed E-state index contributed by atoms with van der Waals surface area (Å²) in [5.41, 5.74) is 4.70. The van der Waals surface area contributed by atoms with Crippen molar-refractivity contribution in [2.45, 2.75) is 20.0 Å². The Bertz CT molecular complexity index is 1420. The lowest BCUT2D eigenvalue weighted by atomic mass is 10.1. The topological polar surface area (TPSA) is 54.3 Å². The van der Waals surface area contributed by atoms with Crippen LogP contribution in [0.1, 0.15) is 22.3 Å². The maximum Gasteiger partial charge on any atom is 0.329 e. The van der Waals surface area contributed by atoms with Gasteiger partial charge in [0.15, 0.2) is 0 Å². The lowest BCUT2D eigenvalue weighted by Crippen LogP contribution is -2.30. The van der Waals surface area contributed by atoms with Crippen LogP contribution in [0.5, 0.6) is 0 Å². The van der Waals surface area contributed by atoms with Crippen molar-refractivity contribution in [1.29, 1.82) is 0 Å². The smallest absolute Gasteiger partial charge is 0.329 e. The number of hydrogen-bond donors (Lipinski definition) is 1. The number of rotatable bonds is 5. The molecule has 1 aliphatic rings. The Morgan fingerprint density at radius 3 is 2.55 bits per heavy atom. The predicted molar refractivity (Wildman–Crippen MR) is 126 cm³/mol. The number of nitrogens with zero attached hydrogens (tertiary/aromatic N) is 2. The molecule has 1 aliphatic heterocycles. The van der Waals surface area contributed by atoms with Gasteiger partial charge in [-0.25, -0.2) is 9.18 Å². The van der Waals surface area contributed by atoms with Gasteiger partial charge >= 0.3 is 6.03 Å². The quantitative estimate of drug-likeness (QED) is 0.342. The normalized spacial score (nSPS) is 15.0. The van der Waals surface area contributed by atoms with Crippen LogP contribution in [-0.4, -0.2) is 21.4 Å². The number of fused-ring (bicyclic) bond motifs is 1. The zero-order valence-corrected chi connectivity index (χ0v) is 18.1. The minimum atomic E-state index is -0.557. The molecule has 1 fully saturated rings. The molecule has 33 heavy (non-hydrogen) atoms. The molecule has 1 aromatic heterocycles. The first-order valence-electron chi connectivity index (χ1n) is 10.7. The molecule has 2 heterocycles. The molecule has 5 nitrogen and oxygen atoms in total. The predicted octanol–water partition coefficient (Wildman–Crippen LogP) is 5.23. The molecule has 3 amide bonds. The SMILES string of the molecule is Cc1cccc(Cn2cc(/C=C3/NC(=O)N(Cc4ccccc4F)C3=O)c3ccccc32)c1. The lowest BCUT2D eigenvalue weighted by molar-refractivity contribution is -0.123. The van der Waals surface area contributed by atoms with E-state index in [1.165, 1.54) is 17.2 Å². The molecule has 3 aromatic carbocycles. The van der Waals surface area contributed by atoms with Gasteiger partial charge in [-0.3, -0.25) is 9.69 Å². The second-order valence-electron chi connectivity index (χ2n) is 8.19. The highest BCUT2D eigenvalue weighted by atomic mass is 19.1. The van der Waals surface area contributed by atoms with Crippen molar-refractivity contribution in [3.63, 3.8) is 0 Å². The van der Waals surface area contributed by atoms with Crippen molar-refractivity contribution >= 4 is 28.9 Å². The molecule has 0 spiro atoms. The summed E-state index contributed by atoms with van der Waals surface area (Å²) in [6.07, 6.45) is 3.68. The summed E-state index contributed by atoms with van der Waals surface area (Å²) in [5.74, 6) is -0.923. The number of aromatic nitrogens is 1. The monoisotopic (exact) mass is 439 g/mol. The van der Waals surface area contributed by atoms with Gasteiger partial charge < -0.3 is 9.88 Å². The van der Waals surface area contributed by atoms with Crippen LogP contribution in [0.25, 0.3) is 17.0 Å². The maximum absolute atomic E-state index is 14.0. The number of amides is 3. The fraction of sp³-hybridized carbons (Fsp3) is 0.111. The lowest BCUT2D eigenvalue weighted by Gasteiger charge is -2.12. The Labute approximate surface area is 190 Å². The first-order valence-corrected chi connectivity index (χ1v) is 10.7. The van der Waals surface area contributed by atoms with E-state index in [1.54, 1.807) is 24.3 Å². The molecule has 0 saturated carbocycles. The van der Waals surface area contributed by atoms with Crippen molar-refractivity contribution in [3.8, 4) is 0 Å². The summed E-state index contributed by atoms with van der Waals surface area (Å²) in [6.45, 7) is 2.63. The minimum absolute atomic E-state index is 0.121. The van der Waals surface area contributed by atoms with Crippen molar-refractivity contribution in [3.05, 3.63) is 113 Å². The minimum Gasteiger partial charge on any atom is -0.342 e. The van der Waals surface area contributed by atoms with Gasteiger partial charge in [-0.05, 0) is 30.7 Å². The van der Waals surface area contributed by atoms with Gasteiger partial charge in [0.1, 0.15) is 11.5 Å². The van der Waals surface area contributed by atoms with Gasteiger partial charge in [-0.2, -0.15) is 0 Å². The number of imide groups is 1. The molecule has 0 aliphatic carbocycles. The van der Waals surface area contributed by atoms with Crippen LogP contribution in [-0.2, 0) is 17.9 Å². The Kier molecular flexibility index (Phi) is 5.26. The summed E-state index contributed by atoms with van der Waals surface area (Å²) < 4.78 is 16.2. The first-order chi connectivity index (χ1) is 16.0. The molecular weight excluding hydrogens is 417 g/mol. The molecule has 0 radical (unpaired) electrons. The van der Waals surface area contributed by atoms with Crippen molar-refractivity contribution in [2.24, 2.45) is 0 Å². The second kappa shape index (κ2) is 8.39. The molecule has 1 N–H and O–H groups in total. The van der Waals surface area contributed by atoms with Crippen LogP contribution >= 0.6 is 0 Å². The van der Waals surface area contributed by atoms with Crippen LogP contribution < -0.4 is 5.32 Å². The van der Waals surface area contributed by atoms with E-state index in [0.29, 0.717) is 6.54 Å². The fourth-order valence-electron chi connectivity index (χ4n) is 4.20. The van der Waals surface area contributed by atoms with Crippen LogP contribution in [0.3, 0.4) is 0 Å². The van der Waals surface area contributed by atoms with Gasteiger partial charge in [-0.15, -0.1) is 0 Å². The third kappa shape index (κ3) is 4.03. The molecule has 0 unspecified atom stereocenters. The van der Waals surface area contributed by atoms with Gasteiger partial charge in [0.05, 0.1) is 6.54 Å². The van der Waals surface area contributed by atoms with Crippen LogP contribution in [0.4, 0.5) is 9.18 Å². The number of carbonyl (C=O) groups excluding carboxylic acids is 2. The van der Waals surface area contributed by atoms with Crippen LogP contribution in [0.2, 0.25) is 0 Å². The third-order valence-corrected chi connectivity index (χ3v) is 5.80. The van der Waals surface area contributed by atoms with E-state index >= 15 is 0 Å². The van der Waals surface area contributed by atoms with Crippen LogP contribution in [0, 0.1) is 12.7 Å². The van der Waals surface area contributed by atoms with Crippen molar-refractivity contribution in [2.75, 3.05) is 0 Å². The molecule has 5 rings (SSSR count). The van der Waals surface area contributed by atoms with Gasteiger partial charge in [0.2, 0.25) is 0 Å². The standard InChI is InChI=1S/C27H22FN3O2/c1-18-7-6-8-19(13-18)15-30-16-21(22-10-3-5-12-25(22)30)14-24-26(32)31(27(33)29-24)17-20-9-2-4-11-23(20)28/h2-14,16H,15,17H2,1H3,(H,29,33)/b24-14+. The highest BCUT2D eigenvalue weighted by molar-refractivity contribution is 6.14. The molecule has 1 saturated heterocycles. The first kappa shape index (κ1) is 20.7. The number of para-hydroxylation sites is 1. The van der Waals surface area contributed by atoms with Gasteiger partial charge in [0.25, 0.3) is 5.91 Å². The molecule has 164 valence electrons.